The average molecular weight is 262 g/mol. The van der Waals surface area contributed by atoms with Crippen LogP contribution in [0.1, 0.15) is 10.6 Å². The summed E-state index contributed by atoms with van der Waals surface area (Å²) < 4.78 is 19.0. The van der Waals surface area contributed by atoms with E-state index < -0.39 is 17.6 Å². The van der Waals surface area contributed by atoms with E-state index in [0.717, 1.165) is 23.3 Å². The van der Waals surface area contributed by atoms with Gasteiger partial charge in [0.2, 0.25) is 5.88 Å². The van der Waals surface area contributed by atoms with E-state index in [1.165, 1.54) is 7.11 Å². The van der Waals surface area contributed by atoms with E-state index in [2.05, 4.69) is 15.1 Å². The number of halogens is 1. The fraction of sp³-hybridized carbons (Fsp3) is 0.111. The molecule has 0 spiro atoms. The van der Waals surface area contributed by atoms with Crippen LogP contribution in [0.25, 0.3) is 5.69 Å². The van der Waals surface area contributed by atoms with Gasteiger partial charge in [-0.05, 0) is 0 Å². The van der Waals surface area contributed by atoms with Gasteiger partial charge in [0.25, 0.3) is 5.82 Å². The Morgan fingerprint density at radius 2 is 2.22 bits per heavy atom. The zero-order chi connectivity index (χ0) is 12.4. The van der Waals surface area contributed by atoms with Crippen molar-refractivity contribution < 1.29 is 19.0 Å². The zero-order valence-corrected chi connectivity index (χ0v) is 8.66. The molecule has 0 atom stereocenters. The molecule has 2 rings (SSSR count). The molecule has 0 aliphatic rings. The van der Waals surface area contributed by atoms with Gasteiger partial charge in [-0.25, -0.2) is 23.8 Å². The molecule has 1 N–H and O–H groups in total. The number of rotatable bonds is 3. The number of nitrogens with zero attached hydrogens (tertiary/aromatic N) is 4. The summed E-state index contributed by atoms with van der Waals surface area (Å²) in [5.74, 6) is -2.13. The topological polar surface area (TPSA) is 90.1 Å². The van der Waals surface area contributed by atoms with Gasteiger partial charge in [0, 0.05) is 6.07 Å². The molecule has 9 heteroatoms. The quantitative estimate of drug-likeness (QED) is 0.774. The van der Waals surface area contributed by atoms with E-state index in [4.69, 9.17) is 9.84 Å². The van der Waals surface area contributed by atoms with E-state index >= 15 is 0 Å². The minimum absolute atomic E-state index is 0. The van der Waals surface area contributed by atoms with Crippen molar-refractivity contribution >= 4 is 35.5 Å². The van der Waals surface area contributed by atoms with Crippen LogP contribution in [0.2, 0.25) is 0 Å². The Bertz CT molecular complexity index is 575. The second-order valence-electron chi connectivity index (χ2n) is 3.00. The summed E-state index contributed by atoms with van der Waals surface area (Å²) in [6, 6.07) is 1.12. The van der Waals surface area contributed by atoms with Crippen molar-refractivity contribution in [2.24, 2.45) is 0 Å². The third-order valence-corrected chi connectivity index (χ3v) is 1.92. The fourth-order valence-corrected chi connectivity index (χ4v) is 1.21. The van der Waals surface area contributed by atoms with Crippen LogP contribution in [0.4, 0.5) is 4.39 Å². The minimum atomic E-state index is -1.27. The average Bonchev–Trinajstić information content (AvgIpc) is 2.78. The molecule has 18 heavy (non-hydrogen) atoms. The molecule has 0 unspecified atom stereocenters. The predicted molar refractivity (Wildman–Crippen MR) is 59.8 cm³/mol. The Hall–Kier alpha value is -1.51. The van der Waals surface area contributed by atoms with Gasteiger partial charge in [-0.15, -0.1) is 5.10 Å². The van der Waals surface area contributed by atoms with Crippen LogP contribution >= 0.6 is 0 Å². The molecule has 90 valence electrons. The van der Waals surface area contributed by atoms with Crippen LogP contribution < -0.4 is 4.74 Å². The first-order valence-electron chi connectivity index (χ1n) is 4.46. The Balaban J connectivity index is 0.00000162. The molecule has 0 bridgehead atoms. The number of pyridine rings is 1. The molecule has 0 amide bonds. The Labute approximate surface area is 123 Å². The Kier molecular flexibility index (Phi) is 4.76. The number of methoxy groups -OCH3 is 1. The van der Waals surface area contributed by atoms with Gasteiger partial charge in [0.1, 0.15) is 17.8 Å². The normalized spacial score (nSPS) is 9.67. The first-order valence-corrected chi connectivity index (χ1v) is 4.46. The molecule has 2 aromatic heterocycles. The number of carboxylic acids is 1. The van der Waals surface area contributed by atoms with Crippen molar-refractivity contribution in [3.63, 3.8) is 0 Å². The predicted octanol–water partition coefficient (Wildman–Crippen LogP) is -0.140. The molecular formula is C9H8FN4NaO3. The van der Waals surface area contributed by atoms with Gasteiger partial charge < -0.3 is 9.84 Å². The first kappa shape index (κ1) is 14.6. The maximum atomic E-state index is 13.0. The standard InChI is InChI=1S/C9H7FN4O3.Na.H/c1-17-8-6(2-5(10)3-11-8)14-4-12-7(13-14)9(15)16;;/h2-4H,1H3,(H,15,16);;. The van der Waals surface area contributed by atoms with Crippen LogP contribution in [0, 0.1) is 5.82 Å². The summed E-state index contributed by atoms with van der Waals surface area (Å²) >= 11 is 0. The molecule has 0 aliphatic heterocycles. The third kappa shape index (κ3) is 2.84. The number of aromatic carboxylic acids is 1. The number of carboxylic acid groups (broad SMARTS) is 1. The van der Waals surface area contributed by atoms with E-state index in [-0.39, 0.29) is 41.1 Å². The van der Waals surface area contributed by atoms with Crippen molar-refractivity contribution in [1.82, 2.24) is 19.7 Å². The second kappa shape index (κ2) is 5.89. The zero-order valence-electron chi connectivity index (χ0n) is 8.66. The van der Waals surface area contributed by atoms with Crippen molar-refractivity contribution in [2.45, 2.75) is 0 Å². The summed E-state index contributed by atoms with van der Waals surface area (Å²) in [5, 5.41) is 12.3. The monoisotopic (exact) mass is 262 g/mol. The van der Waals surface area contributed by atoms with E-state index in [0.29, 0.717) is 0 Å². The Morgan fingerprint density at radius 3 is 2.78 bits per heavy atom. The van der Waals surface area contributed by atoms with Gasteiger partial charge in [0.15, 0.2) is 0 Å². The van der Waals surface area contributed by atoms with Crippen LogP contribution in [0.5, 0.6) is 5.88 Å². The van der Waals surface area contributed by atoms with Crippen LogP contribution in [-0.4, -0.2) is 67.5 Å². The van der Waals surface area contributed by atoms with Gasteiger partial charge in [-0.3, -0.25) is 0 Å². The van der Waals surface area contributed by atoms with Crippen molar-refractivity contribution in [3.05, 3.63) is 30.2 Å². The molecule has 2 heterocycles. The van der Waals surface area contributed by atoms with Gasteiger partial charge in [-0.1, -0.05) is 0 Å². The molecule has 0 aromatic carbocycles. The summed E-state index contributed by atoms with van der Waals surface area (Å²) in [4.78, 5) is 17.8. The molecule has 0 fully saturated rings. The molecular weight excluding hydrogens is 254 g/mol. The summed E-state index contributed by atoms with van der Waals surface area (Å²) in [7, 11) is 1.36. The summed E-state index contributed by atoms with van der Waals surface area (Å²) in [5.41, 5.74) is 0.174. The number of aromatic nitrogens is 4. The second-order valence-corrected chi connectivity index (χ2v) is 3.00. The third-order valence-electron chi connectivity index (χ3n) is 1.92. The van der Waals surface area contributed by atoms with E-state index in [1.54, 1.807) is 0 Å². The molecule has 0 aliphatic carbocycles. The van der Waals surface area contributed by atoms with Crippen LogP contribution in [0.3, 0.4) is 0 Å². The van der Waals surface area contributed by atoms with Gasteiger partial charge in [-0.2, -0.15) is 0 Å². The molecule has 7 nitrogen and oxygen atoms in total. The number of hydrogen-bond acceptors (Lipinski definition) is 5. The fourth-order valence-electron chi connectivity index (χ4n) is 1.21. The first-order chi connectivity index (χ1) is 8.11. The number of hydrogen-bond donors (Lipinski definition) is 1. The van der Waals surface area contributed by atoms with Crippen molar-refractivity contribution in [2.75, 3.05) is 7.11 Å². The molecule has 2 aromatic rings. The number of ether oxygens (including phenoxy) is 1. The summed E-state index contributed by atoms with van der Waals surface area (Å²) in [6.45, 7) is 0. The van der Waals surface area contributed by atoms with Gasteiger partial charge >= 0.3 is 35.5 Å². The van der Waals surface area contributed by atoms with Crippen molar-refractivity contribution in [3.8, 4) is 11.6 Å². The summed E-state index contributed by atoms with van der Waals surface area (Å²) in [6.07, 6.45) is 2.12. The molecule has 0 saturated heterocycles. The molecule has 0 saturated carbocycles. The van der Waals surface area contributed by atoms with E-state index in [9.17, 15) is 9.18 Å². The molecule has 0 radical (unpaired) electrons. The van der Waals surface area contributed by atoms with Gasteiger partial charge in [0.05, 0.1) is 13.3 Å². The van der Waals surface area contributed by atoms with Crippen molar-refractivity contribution in [1.29, 1.82) is 0 Å². The van der Waals surface area contributed by atoms with Crippen LogP contribution in [0.15, 0.2) is 18.6 Å². The maximum absolute atomic E-state index is 13.0. The Morgan fingerprint density at radius 1 is 1.50 bits per heavy atom. The van der Waals surface area contributed by atoms with Crippen LogP contribution in [-0.2, 0) is 0 Å². The van der Waals surface area contributed by atoms with E-state index in [1.807, 2.05) is 0 Å². The number of carbonyl (C=O) groups is 1. The SMILES string of the molecule is COc1ncc(F)cc1-n1cnc(C(=O)O)n1.[NaH].